The molecule has 580 valence electrons. The third-order valence-corrected chi connectivity index (χ3v) is 24.1. The lowest BCUT2D eigenvalue weighted by molar-refractivity contribution is -0.216. The smallest absolute Gasteiger partial charge is 0.205 e. The highest BCUT2D eigenvalue weighted by Crippen LogP contribution is 2.62. The Morgan fingerprint density at radius 2 is 0.788 bits per heavy atom. The van der Waals surface area contributed by atoms with Gasteiger partial charge in [0.15, 0.2) is 6.29 Å². The Morgan fingerprint density at radius 3 is 1.20 bits per heavy atom. The van der Waals surface area contributed by atoms with Gasteiger partial charge in [0.25, 0.3) is 0 Å². The van der Waals surface area contributed by atoms with Crippen molar-refractivity contribution in [1.29, 1.82) is 0 Å². The largest absolute Gasteiger partial charge is 0.465 e. The van der Waals surface area contributed by atoms with Crippen LogP contribution in [0, 0.1) is 39.9 Å². The summed E-state index contributed by atoms with van der Waals surface area (Å²) in [5, 5.41) is 0. The lowest BCUT2D eigenvalue weighted by Crippen LogP contribution is -2.54. The molecule has 12 rings (SSSR count). The Morgan fingerprint density at radius 1 is 0.404 bits per heavy atom. The fraction of sp³-hybridized carbons (Fsp3) is 0.688. The monoisotopic (exact) mass is 1430 g/mol. The molecule has 4 bridgehead atoms. The van der Waals surface area contributed by atoms with E-state index in [1.807, 2.05) is 32.9 Å². The summed E-state index contributed by atoms with van der Waals surface area (Å²) >= 11 is 0. The maximum atomic E-state index is 6.73. The lowest BCUT2D eigenvalue weighted by atomic mass is 9.49. The number of benzene rings is 5. The standard InChI is InChI=1S/C29H44O2.C26H36O2.C22H36O2.C19H32O2/c1-3-21(2)26-9-11-27(12-10-26)31-28(30-14-13-22-7-5-4-6-8-22)29-18-23-15-24(19-29)17-25(16-23)20-29;1-4-20(2)23-14-16-26(17-15-23)28-21(3)27-19-18-22-10-12-25(13-11-22)24-8-6-5-7-9-24;1-6-17(2)18-12-14-20(15-13-18)24-21(16-22(3,4)5)23-19-10-8-7-9-11-19;1-8-15(4)16-9-11-17(12-10-16)21-18(20-14(2)3)13-19(5,6)7/h9-12,21-25,28H,3-8,13-20H2,1-2H3;10-17,20-21,24H,4-9,18-19H2,1-3H3;12-15,17,19,21H,6-11,16H2,1-5H3;9-12,14-15,18H,8,13H2,1-7H3. The molecule has 104 heavy (non-hydrogen) atoms. The number of rotatable bonds is 32. The molecule has 8 unspecified atom stereocenters. The quantitative estimate of drug-likeness (QED) is 0.0394. The Kier molecular flexibility index (Phi) is 34.9. The van der Waals surface area contributed by atoms with Crippen LogP contribution in [-0.4, -0.2) is 50.6 Å². The minimum absolute atomic E-state index is 0.0565. The average molecular weight is 1430 g/mol. The second-order valence-electron chi connectivity index (χ2n) is 36.0. The van der Waals surface area contributed by atoms with Gasteiger partial charge in [-0.15, -0.1) is 0 Å². The molecule has 7 fully saturated rings. The van der Waals surface area contributed by atoms with Gasteiger partial charge < -0.3 is 37.9 Å². The molecule has 0 saturated heterocycles. The van der Waals surface area contributed by atoms with Gasteiger partial charge in [0, 0.05) is 18.3 Å². The van der Waals surface area contributed by atoms with Gasteiger partial charge in [-0.1, -0.05) is 240 Å². The van der Waals surface area contributed by atoms with Crippen molar-refractivity contribution < 1.29 is 37.9 Å². The van der Waals surface area contributed by atoms with Crippen LogP contribution < -0.4 is 18.9 Å². The van der Waals surface area contributed by atoms with E-state index in [2.05, 4.69) is 206 Å². The van der Waals surface area contributed by atoms with Gasteiger partial charge in [-0.2, -0.15) is 0 Å². The SMILES string of the molecule is CCC(C)c1ccc(OC(C)OCCc2ccc(C3CCCCC3)cc2)cc1.CCC(C)c1ccc(OC(CC(C)(C)C)OC(C)C)cc1.CCC(C)c1ccc(OC(CC(C)(C)C)OC2CCCCC2)cc1.CCC(C)c1ccc(OC(OCCC2CCCCC2)C23CC4CC(CC(C4)C2)C3)cc1. The van der Waals surface area contributed by atoms with Crippen molar-refractivity contribution in [2.45, 2.75) is 371 Å². The molecule has 5 aromatic rings. The van der Waals surface area contributed by atoms with E-state index in [0.29, 0.717) is 36.4 Å². The van der Waals surface area contributed by atoms with Crippen LogP contribution in [0.5, 0.6) is 23.0 Å². The topological polar surface area (TPSA) is 73.8 Å². The zero-order valence-electron chi connectivity index (χ0n) is 68.9. The molecule has 0 aliphatic heterocycles. The Hall–Kier alpha value is -4.86. The van der Waals surface area contributed by atoms with Gasteiger partial charge in [-0.25, -0.2) is 0 Å². The molecule has 0 spiro atoms. The van der Waals surface area contributed by atoms with Gasteiger partial charge in [-0.3, -0.25) is 0 Å². The number of hydrogen-bond donors (Lipinski definition) is 0. The Labute approximate surface area is 636 Å². The van der Waals surface area contributed by atoms with Crippen molar-refractivity contribution in [2.75, 3.05) is 13.2 Å². The summed E-state index contributed by atoms with van der Waals surface area (Å²) in [6, 6.07) is 43.5. The average Bonchev–Trinajstić information content (AvgIpc) is 0.737. The van der Waals surface area contributed by atoms with Crippen molar-refractivity contribution in [1.82, 2.24) is 0 Å². The van der Waals surface area contributed by atoms with E-state index in [1.54, 1.807) is 0 Å². The first-order valence-electron chi connectivity index (χ1n) is 42.6. The molecule has 7 aliphatic rings. The van der Waals surface area contributed by atoms with Crippen LogP contribution in [0.2, 0.25) is 0 Å². The van der Waals surface area contributed by atoms with E-state index < -0.39 is 0 Å². The van der Waals surface area contributed by atoms with Crippen LogP contribution in [0.1, 0.15) is 360 Å². The van der Waals surface area contributed by atoms with Gasteiger partial charge in [0.1, 0.15) is 23.0 Å². The predicted molar refractivity (Wildman–Crippen MR) is 436 cm³/mol. The Balaban J connectivity index is 0.000000178. The van der Waals surface area contributed by atoms with Gasteiger partial charge >= 0.3 is 0 Å². The van der Waals surface area contributed by atoms with Crippen molar-refractivity contribution in [3.8, 4) is 23.0 Å². The van der Waals surface area contributed by atoms with E-state index in [0.717, 1.165) is 97.7 Å². The first-order chi connectivity index (χ1) is 49.9. The first kappa shape index (κ1) is 84.8. The fourth-order valence-corrected chi connectivity index (χ4v) is 17.4. The van der Waals surface area contributed by atoms with Gasteiger partial charge in [0.2, 0.25) is 18.9 Å². The van der Waals surface area contributed by atoms with Crippen LogP contribution in [0.15, 0.2) is 121 Å². The van der Waals surface area contributed by atoms with E-state index in [-0.39, 0.29) is 47.5 Å². The molecular weight excluding hydrogens is 1280 g/mol. The zero-order valence-corrected chi connectivity index (χ0v) is 68.9. The van der Waals surface area contributed by atoms with E-state index in [4.69, 9.17) is 37.9 Å². The highest BCUT2D eigenvalue weighted by molar-refractivity contribution is 5.33. The molecule has 8 nitrogen and oxygen atoms in total. The highest BCUT2D eigenvalue weighted by Gasteiger charge is 2.56. The third kappa shape index (κ3) is 28.9. The molecule has 0 aromatic heterocycles. The maximum absolute atomic E-state index is 6.73. The molecule has 0 heterocycles. The fourth-order valence-electron chi connectivity index (χ4n) is 17.4. The molecule has 7 aliphatic carbocycles. The highest BCUT2D eigenvalue weighted by atomic mass is 16.7. The minimum Gasteiger partial charge on any atom is -0.465 e. The number of ether oxygens (including phenoxy) is 8. The lowest BCUT2D eigenvalue weighted by Gasteiger charge is -2.58. The first-order valence-corrected chi connectivity index (χ1v) is 42.6. The molecule has 8 atom stereocenters. The second-order valence-corrected chi connectivity index (χ2v) is 36.0. The third-order valence-electron chi connectivity index (χ3n) is 24.1. The summed E-state index contributed by atoms with van der Waals surface area (Å²) < 4.78 is 49.8. The van der Waals surface area contributed by atoms with Crippen LogP contribution in [0.3, 0.4) is 0 Å². The maximum Gasteiger partial charge on any atom is 0.205 e. The summed E-state index contributed by atoms with van der Waals surface area (Å²) in [7, 11) is 0. The van der Waals surface area contributed by atoms with E-state index in [9.17, 15) is 0 Å². The summed E-state index contributed by atoms with van der Waals surface area (Å²) in [5.41, 5.74) is 9.00. The summed E-state index contributed by atoms with van der Waals surface area (Å²) in [5.74, 6) is 10.5. The van der Waals surface area contributed by atoms with E-state index in [1.165, 1.54) is 181 Å². The molecule has 5 aromatic carbocycles. The second kappa shape index (κ2) is 42.8. The summed E-state index contributed by atoms with van der Waals surface area (Å²) in [4.78, 5) is 0. The molecule has 8 heteroatoms. The summed E-state index contributed by atoms with van der Waals surface area (Å²) in [6.07, 6.45) is 37.1. The normalized spacial score (nSPS) is 22.4. The van der Waals surface area contributed by atoms with Crippen LogP contribution in [-0.2, 0) is 25.4 Å². The molecular formula is C96H148O8. The van der Waals surface area contributed by atoms with Crippen LogP contribution in [0.25, 0.3) is 0 Å². The van der Waals surface area contributed by atoms with E-state index >= 15 is 0 Å². The summed E-state index contributed by atoms with van der Waals surface area (Å²) in [6.45, 7) is 39.0. The van der Waals surface area contributed by atoms with Crippen LogP contribution >= 0.6 is 0 Å². The molecule has 0 radical (unpaired) electrons. The van der Waals surface area contributed by atoms with Gasteiger partial charge in [-0.05, 0) is 270 Å². The molecule has 7 saturated carbocycles. The van der Waals surface area contributed by atoms with Crippen molar-refractivity contribution in [3.05, 3.63) is 155 Å². The Bertz CT molecular complexity index is 3050. The molecule has 0 amide bonds. The zero-order chi connectivity index (χ0) is 74.7. The van der Waals surface area contributed by atoms with Crippen molar-refractivity contribution in [2.24, 2.45) is 39.9 Å². The predicted octanol–water partition coefficient (Wildman–Crippen LogP) is 27.8. The minimum atomic E-state index is -0.240. The van der Waals surface area contributed by atoms with Gasteiger partial charge in [0.05, 0.1) is 25.4 Å². The molecule has 0 N–H and O–H groups in total. The van der Waals surface area contributed by atoms with Crippen LogP contribution in [0.4, 0.5) is 0 Å². The number of hydrogen-bond acceptors (Lipinski definition) is 8. The van der Waals surface area contributed by atoms with Crippen molar-refractivity contribution >= 4 is 0 Å². The van der Waals surface area contributed by atoms with Crippen molar-refractivity contribution in [3.63, 3.8) is 0 Å².